The first-order valence-corrected chi connectivity index (χ1v) is 10.8. The lowest BCUT2D eigenvalue weighted by molar-refractivity contribution is -0.121. The van der Waals surface area contributed by atoms with Gasteiger partial charge in [0, 0.05) is 19.0 Å². The molecule has 2 aliphatic heterocycles. The Labute approximate surface area is 163 Å². The van der Waals surface area contributed by atoms with Gasteiger partial charge in [0.1, 0.15) is 6.04 Å². The van der Waals surface area contributed by atoms with Gasteiger partial charge in [-0.15, -0.1) is 0 Å². The fourth-order valence-corrected chi connectivity index (χ4v) is 5.04. The van der Waals surface area contributed by atoms with Crippen LogP contribution in [0.2, 0.25) is 0 Å². The normalized spacial score (nSPS) is 20.9. The van der Waals surface area contributed by atoms with E-state index in [9.17, 15) is 18.0 Å². The SMILES string of the molecule is O=C(CCS(=O)(=O)c1ccccc1)NC1CC2C(=O)Nc3ccccc3N2C1. The number of nitrogens with one attached hydrogen (secondary N) is 2. The van der Waals surface area contributed by atoms with Crippen molar-refractivity contribution in [1.29, 1.82) is 0 Å². The van der Waals surface area contributed by atoms with E-state index >= 15 is 0 Å². The van der Waals surface area contributed by atoms with Crippen LogP contribution in [0.25, 0.3) is 0 Å². The summed E-state index contributed by atoms with van der Waals surface area (Å²) >= 11 is 0. The summed E-state index contributed by atoms with van der Waals surface area (Å²) in [7, 11) is -3.49. The van der Waals surface area contributed by atoms with E-state index in [0.29, 0.717) is 13.0 Å². The molecule has 2 aliphatic rings. The number of fused-ring (bicyclic) bond motifs is 3. The third-order valence-electron chi connectivity index (χ3n) is 5.14. The highest BCUT2D eigenvalue weighted by molar-refractivity contribution is 7.91. The molecule has 8 heteroatoms. The predicted molar refractivity (Wildman–Crippen MR) is 106 cm³/mol. The highest BCUT2D eigenvalue weighted by atomic mass is 32.2. The maximum atomic E-state index is 12.3. The Bertz CT molecular complexity index is 1010. The van der Waals surface area contributed by atoms with E-state index < -0.39 is 9.84 Å². The second-order valence-electron chi connectivity index (χ2n) is 7.06. The molecule has 2 aromatic carbocycles. The maximum absolute atomic E-state index is 12.3. The van der Waals surface area contributed by atoms with Gasteiger partial charge >= 0.3 is 0 Å². The average molecular weight is 399 g/mol. The van der Waals surface area contributed by atoms with Crippen LogP contribution < -0.4 is 15.5 Å². The van der Waals surface area contributed by atoms with Crippen LogP contribution in [0, 0.1) is 0 Å². The van der Waals surface area contributed by atoms with Crippen molar-refractivity contribution in [2.24, 2.45) is 0 Å². The maximum Gasteiger partial charge on any atom is 0.247 e. The molecule has 2 N–H and O–H groups in total. The van der Waals surface area contributed by atoms with Crippen molar-refractivity contribution in [3.8, 4) is 0 Å². The molecule has 2 heterocycles. The highest BCUT2D eigenvalue weighted by Crippen LogP contribution is 2.36. The van der Waals surface area contributed by atoms with Crippen LogP contribution in [0.1, 0.15) is 12.8 Å². The molecule has 2 unspecified atom stereocenters. The molecule has 0 spiro atoms. The smallest absolute Gasteiger partial charge is 0.247 e. The summed E-state index contributed by atoms with van der Waals surface area (Å²) in [5.41, 5.74) is 1.71. The number of benzene rings is 2. The van der Waals surface area contributed by atoms with Crippen molar-refractivity contribution in [2.75, 3.05) is 22.5 Å². The second-order valence-corrected chi connectivity index (χ2v) is 9.17. The number of nitrogens with zero attached hydrogens (tertiary/aromatic N) is 1. The summed E-state index contributed by atoms with van der Waals surface area (Å²) in [5, 5.41) is 5.78. The summed E-state index contributed by atoms with van der Waals surface area (Å²) in [4.78, 5) is 26.9. The zero-order valence-corrected chi connectivity index (χ0v) is 16.0. The van der Waals surface area contributed by atoms with Crippen LogP contribution in [0.5, 0.6) is 0 Å². The predicted octanol–water partition coefficient (Wildman–Crippen LogP) is 1.57. The number of hydrogen-bond donors (Lipinski definition) is 2. The van der Waals surface area contributed by atoms with Gasteiger partial charge in [-0.3, -0.25) is 9.59 Å². The Morgan fingerprint density at radius 2 is 1.82 bits per heavy atom. The molecular weight excluding hydrogens is 378 g/mol. The molecule has 0 aliphatic carbocycles. The molecule has 0 aromatic heterocycles. The van der Waals surface area contributed by atoms with Gasteiger partial charge in [-0.05, 0) is 30.7 Å². The van der Waals surface area contributed by atoms with E-state index in [1.54, 1.807) is 18.2 Å². The van der Waals surface area contributed by atoms with Gasteiger partial charge in [0.25, 0.3) is 0 Å². The quantitative estimate of drug-likeness (QED) is 0.796. The van der Waals surface area contributed by atoms with E-state index in [0.717, 1.165) is 11.4 Å². The monoisotopic (exact) mass is 399 g/mol. The fraction of sp³-hybridized carbons (Fsp3) is 0.300. The molecule has 4 rings (SSSR count). The summed E-state index contributed by atoms with van der Waals surface area (Å²) < 4.78 is 24.6. The number of carbonyl (C=O) groups is 2. The Kier molecular flexibility index (Phi) is 4.80. The van der Waals surface area contributed by atoms with Gasteiger partial charge in [0.05, 0.1) is 22.0 Å². The van der Waals surface area contributed by atoms with Crippen LogP contribution in [-0.2, 0) is 19.4 Å². The molecule has 7 nitrogen and oxygen atoms in total. The minimum absolute atomic E-state index is 0.0814. The van der Waals surface area contributed by atoms with Crippen LogP contribution in [0.4, 0.5) is 11.4 Å². The zero-order valence-electron chi connectivity index (χ0n) is 15.2. The van der Waals surface area contributed by atoms with Gasteiger partial charge in [-0.25, -0.2) is 8.42 Å². The van der Waals surface area contributed by atoms with Gasteiger partial charge in [-0.2, -0.15) is 0 Å². The summed E-state index contributed by atoms with van der Waals surface area (Å²) in [5.74, 6) is -0.647. The van der Waals surface area contributed by atoms with E-state index in [4.69, 9.17) is 0 Å². The lowest BCUT2D eigenvalue weighted by Crippen LogP contribution is -2.44. The van der Waals surface area contributed by atoms with Crippen molar-refractivity contribution >= 4 is 33.0 Å². The van der Waals surface area contributed by atoms with Crippen LogP contribution in [0.15, 0.2) is 59.5 Å². The molecule has 2 amide bonds. The standard InChI is InChI=1S/C20H21N3O4S/c24-19(10-11-28(26,27)15-6-2-1-3-7-15)21-14-12-18-20(25)22-16-8-4-5-9-17(16)23(18)13-14/h1-9,14,18H,10-13H2,(H,21,24)(H,22,25). The first-order valence-electron chi connectivity index (χ1n) is 9.18. The van der Waals surface area contributed by atoms with Crippen molar-refractivity contribution in [3.05, 3.63) is 54.6 Å². The summed E-state index contributed by atoms with van der Waals surface area (Å²) in [6, 6.07) is 15.2. The van der Waals surface area contributed by atoms with E-state index in [-0.39, 0.29) is 41.0 Å². The molecule has 2 aromatic rings. The fourth-order valence-electron chi connectivity index (χ4n) is 3.77. The molecule has 0 radical (unpaired) electrons. The van der Waals surface area contributed by atoms with Gasteiger partial charge in [0.15, 0.2) is 9.84 Å². The van der Waals surface area contributed by atoms with Crippen molar-refractivity contribution in [1.82, 2.24) is 5.32 Å². The van der Waals surface area contributed by atoms with Crippen molar-refractivity contribution < 1.29 is 18.0 Å². The van der Waals surface area contributed by atoms with Crippen molar-refractivity contribution in [3.63, 3.8) is 0 Å². The molecule has 1 saturated heterocycles. The number of carbonyl (C=O) groups excluding carboxylic acids is 2. The molecule has 2 atom stereocenters. The first kappa shape index (κ1) is 18.5. The number of anilines is 2. The molecule has 1 fully saturated rings. The number of hydrogen-bond acceptors (Lipinski definition) is 5. The summed E-state index contributed by atoms with van der Waals surface area (Å²) in [6.45, 7) is 0.520. The Hall–Kier alpha value is -2.87. The van der Waals surface area contributed by atoms with Gasteiger partial charge in [-0.1, -0.05) is 30.3 Å². The Balaban J connectivity index is 1.37. The van der Waals surface area contributed by atoms with Crippen LogP contribution >= 0.6 is 0 Å². The topological polar surface area (TPSA) is 95.6 Å². The number of rotatable bonds is 5. The lowest BCUT2D eigenvalue weighted by atomic mass is 10.1. The van der Waals surface area contributed by atoms with Crippen LogP contribution in [-0.4, -0.2) is 44.6 Å². The highest BCUT2D eigenvalue weighted by Gasteiger charge is 2.41. The third kappa shape index (κ3) is 3.60. The molecular formula is C20H21N3O4S. The first-order chi connectivity index (χ1) is 13.4. The van der Waals surface area contributed by atoms with Gasteiger partial charge < -0.3 is 15.5 Å². The molecule has 0 bridgehead atoms. The van der Waals surface area contributed by atoms with Crippen LogP contribution in [0.3, 0.4) is 0 Å². The van der Waals surface area contributed by atoms with E-state index in [1.807, 2.05) is 29.2 Å². The van der Waals surface area contributed by atoms with Gasteiger partial charge in [0.2, 0.25) is 11.8 Å². The number of sulfone groups is 1. The molecule has 0 saturated carbocycles. The average Bonchev–Trinajstić information content (AvgIpc) is 3.12. The Morgan fingerprint density at radius 3 is 2.61 bits per heavy atom. The lowest BCUT2D eigenvalue weighted by Gasteiger charge is -2.32. The zero-order chi connectivity index (χ0) is 19.7. The van der Waals surface area contributed by atoms with Crippen molar-refractivity contribution in [2.45, 2.75) is 29.8 Å². The summed E-state index contributed by atoms with van der Waals surface area (Å²) in [6.07, 6.45) is 0.387. The minimum atomic E-state index is -3.49. The van der Waals surface area contributed by atoms with E-state index in [2.05, 4.69) is 10.6 Å². The largest absolute Gasteiger partial charge is 0.356 e. The minimum Gasteiger partial charge on any atom is -0.356 e. The number of amides is 2. The molecule has 28 heavy (non-hydrogen) atoms. The second kappa shape index (κ2) is 7.27. The van der Waals surface area contributed by atoms with E-state index in [1.165, 1.54) is 12.1 Å². The number of para-hydroxylation sites is 2. The Morgan fingerprint density at radius 1 is 1.11 bits per heavy atom. The third-order valence-corrected chi connectivity index (χ3v) is 6.87. The molecule has 146 valence electrons.